The topological polar surface area (TPSA) is 89.2 Å². The molecule has 0 radical (unpaired) electrons. The van der Waals surface area contributed by atoms with Crippen LogP contribution in [0.1, 0.15) is 54.6 Å². The first-order valence-electron chi connectivity index (χ1n) is 12.5. The Morgan fingerprint density at radius 2 is 1.94 bits per heavy atom. The highest BCUT2D eigenvalue weighted by Gasteiger charge is 2.16. The van der Waals surface area contributed by atoms with Gasteiger partial charge in [0.15, 0.2) is 0 Å². The van der Waals surface area contributed by atoms with Crippen molar-refractivity contribution in [3.8, 4) is 0 Å². The van der Waals surface area contributed by atoms with Crippen LogP contribution in [0.3, 0.4) is 0 Å². The fraction of sp³-hybridized carbons (Fsp3) is 0.345. The van der Waals surface area contributed by atoms with Gasteiger partial charge in [0.2, 0.25) is 0 Å². The number of aryl methyl sites for hydroxylation is 2. The molecule has 1 unspecified atom stereocenters. The Bertz CT molecular complexity index is 1210. The van der Waals surface area contributed by atoms with Crippen LogP contribution >= 0.6 is 0 Å². The predicted octanol–water partition coefficient (Wildman–Crippen LogP) is 4.78. The van der Waals surface area contributed by atoms with Crippen molar-refractivity contribution in [2.24, 2.45) is 0 Å². The molecule has 2 aliphatic rings. The molecule has 1 aliphatic carbocycles. The average molecular weight is 473 g/mol. The van der Waals surface area contributed by atoms with Crippen molar-refractivity contribution >= 4 is 22.9 Å². The second-order valence-corrected chi connectivity index (χ2v) is 9.56. The fourth-order valence-corrected chi connectivity index (χ4v) is 4.75. The van der Waals surface area contributed by atoms with Gasteiger partial charge in [-0.3, -0.25) is 10.0 Å². The number of hydrogen-bond donors (Lipinski definition) is 5. The zero-order chi connectivity index (χ0) is 24.6. The quantitative estimate of drug-likeness (QED) is 0.148. The van der Waals surface area contributed by atoms with E-state index >= 15 is 0 Å². The number of rotatable bonds is 7. The van der Waals surface area contributed by atoms with Crippen molar-refractivity contribution in [2.75, 3.05) is 6.54 Å². The number of H-pyrrole nitrogens is 1. The van der Waals surface area contributed by atoms with Crippen LogP contribution in [0.15, 0.2) is 60.3 Å². The van der Waals surface area contributed by atoms with Gasteiger partial charge in [0.25, 0.3) is 5.91 Å². The molecule has 35 heavy (non-hydrogen) atoms. The largest absolute Gasteiger partial charge is 0.388 e. The molecule has 6 nitrogen and oxygen atoms in total. The van der Waals surface area contributed by atoms with Gasteiger partial charge in [-0.2, -0.15) is 0 Å². The zero-order valence-corrected chi connectivity index (χ0v) is 20.7. The number of aromatic nitrogens is 1. The SMILES string of the molecule is CC1=CNC(C)C1.O=C(/C=C/c1ccc(CNCCc2ccc3[nH]c4c(c3c2)CCC4)cc1)NO. The van der Waals surface area contributed by atoms with E-state index in [1.165, 1.54) is 70.6 Å². The van der Waals surface area contributed by atoms with Crippen LogP contribution in [-0.4, -0.2) is 28.7 Å². The molecular weight excluding hydrogens is 436 g/mol. The summed E-state index contributed by atoms with van der Waals surface area (Å²) in [5, 5.41) is 16.6. The summed E-state index contributed by atoms with van der Waals surface area (Å²) < 4.78 is 0. The molecule has 0 spiro atoms. The molecule has 0 fully saturated rings. The van der Waals surface area contributed by atoms with Crippen molar-refractivity contribution in [1.29, 1.82) is 0 Å². The summed E-state index contributed by atoms with van der Waals surface area (Å²) >= 11 is 0. The minimum atomic E-state index is -0.534. The summed E-state index contributed by atoms with van der Waals surface area (Å²) in [7, 11) is 0. The standard InChI is InChI=1S/C23H25N3O2.C6H11N/c27-23(26-28)11-9-16-4-6-18(7-5-16)15-24-13-12-17-8-10-22-20(14-17)19-2-1-3-21(19)25-22;1-5-3-6(2)7-4-5/h4-11,14,24-25,28H,1-3,12-13,15H2,(H,26,27);4,6-7H,3H2,1-2H3/b11-9+;. The lowest BCUT2D eigenvalue weighted by Gasteiger charge is -2.06. The Hall–Kier alpha value is -3.35. The van der Waals surface area contributed by atoms with Crippen molar-refractivity contribution in [2.45, 2.75) is 58.5 Å². The monoisotopic (exact) mass is 472 g/mol. The highest BCUT2D eigenvalue weighted by atomic mass is 16.5. The van der Waals surface area contributed by atoms with Gasteiger partial charge < -0.3 is 15.6 Å². The smallest absolute Gasteiger partial charge is 0.267 e. The third-order valence-electron chi connectivity index (χ3n) is 6.59. The normalized spacial score (nSPS) is 16.5. The first-order chi connectivity index (χ1) is 17.0. The molecule has 1 atom stereocenters. The van der Waals surface area contributed by atoms with E-state index in [9.17, 15) is 4.79 Å². The minimum absolute atomic E-state index is 0.534. The van der Waals surface area contributed by atoms with Crippen molar-refractivity contribution in [3.63, 3.8) is 0 Å². The Balaban J connectivity index is 0.000000356. The molecule has 0 saturated heterocycles. The van der Waals surface area contributed by atoms with Gasteiger partial charge in [-0.15, -0.1) is 0 Å². The van der Waals surface area contributed by atoms with E-state index in [4.69, 9.17) is 5.21 Å². The Kier molecular flexibility index (Phi) is 8.40. The molecule has 1 aromatic heterocycles. The lowest BCUT2D eigenvalue weighted by Crippen LogP contribution is -2.16. The minimum Gasteiger partial charge on any atom is -0.388 e. The van der Waals surface area contributed by atoms with E-state index < -0.39 is 5.91 Å². The van der Waals surface area contributed by atoms with Gasteiger partial charge in [0.1, 0.15) is 0 Å². The van der Waals surface area contributed by atoms with Crippen LogP contribution in [0.25, 0.3) is 17.0 Å². The molecule has 2 aromatic carbocycles. The highest BCUT2D eigenvalue weighted by molar-refractivity contribution is 5.90. The number of aromatic amines is 1. The molecule has 1 amide bonds. The van der Waals surface area contributed by atoms with Crippen LogP contribution in [0, 0.1) is 0 Å². The molecule has 5 rings (SSSR count). The lowest BCUT2D eigenvalue weighted by molar-refractivity contribution is -0.124. The number of fused-ring (bicyclic) bond motifs is 3. The van der Waals surface area contributed by atoms with Crippen molar-refractivity contribution in [3.05, 3.63) is 88.3 Å². The van der Waals surface area contributed by atoms with Crippen molar-refractivity contribution in [1.82, 2.24) is 21.1 Å². The molecule has 184 valence electrons. The third kappa shape index (κ3) is 6.84. The molecule has 6 heteroatoms. The number of hydroxylamine groups is 1. The number of amides is 1. The molecule has 1 aliphatic heterocycles. The average Bonchev–Trinajstić information content (AvgIpc) is 3.57. The van der Waals surface area contributed by atoms with Gasteiger partial charge in [-0.05, 0) is 99.2 Å². The van der Waals surface area contributed by atoms with E-state index in [0.29, 0.717) is 6.04 Å². The first-order valence-corrected chi connectivity index (χ1v) is 12.5. The maximum absolute atomic E-state index is 11.0. The Morgan fingerprint density at radius 1 is 1.14 bits per heavy atom. The van der Waals surface area contributed by atoms with Crippen LogP contribution in [-0.2, 0) is 30.6 Å². The van der Waals surface area contributed by atoms with Gasteiger partial charge >= 0.3 is 0 Å². The third-order valence-corrected chi connectivity index (χ3v) is 6.59. The number of carbonyl (C=O) groups excluding carboxylic acids is 1. The number of hydrogen-bond acceptors (Lipinski definition) is 4. The van der Waals surface area contributed by atoms with Gasteiger partial charge in [-0.25, -0.2) is 5.48 Å². The number of carbonyl (C=O) groups is 1. The van der Waals surface area contributed by atoms with E-state index in [1.807, 2.05) is 24.3 Å². The highest BCUT2D eigenvalue weighted by Crippen LogP contribution is 2.30. The Morgan fingerprint density at radius 3 is 2.63 bits per heavy atom. The first kappa shape index (κ1) is 24.8. The maximum atomic E-state index is 11.0. The van der Waals surface area contributed by atoms with Crippen LogP contribution in [0.2, 0.25) is 0 Å². The van der Waals surface area contributed by atoms with Crippen LogP contribution in [0.5, 0.6) is 0 Å². The second-order valence-electron chi connectivity index (χ2n) is 9.56. The number of benzene rings is 2. The zero-order valence-electron chi connectivity index (χ0n) is 20.7. The van der Waals surface area contributed by atoms with Crippen LogP contribution in [0.4, 0.5) is 0 Å². The number of nitrogens with one attached hydrogen (secondary N) is 4. The molecule has 3 aromatic rings. The Labute approximate surface area is 207 Å². The predicted molar refractivity (Wildman–Crippen MR) is 142 cm³/mol. The van der Waals surface area contributed by atoms with Crippen LogP contribution < -0.4 is 16.1 Å². The molecule has 2 heterocycles. The molecule has 0 saturated carbocycles. The summed E-state index contributed by atoms with van der Waals surface area (Å²) in [6.45, 7) is 6.07. The summed E-state index contributed by atoms with van der Waals surface area (Å²) in [4.78, 5) is 14.6. The summed E-state index contributed by atoms with van der Waals surface area (Å²) in [5.74, 6) is -0.534. The molecular formula is C29H36N4O2. The van der Waals surface area contributed by atoms with Gasteiger partial charge in [-0.1, -0.05) is 35.9 Å². The lowest BCUT2D eigenvalue weighted by atomic mass is 10.1. The summed E-state index contributed by atoms with van der Waals surface area (Å²) in [6.07, 6.45) is 10.9. The maximum Gasteiger partial charge on any atom is 0.267 e. The van der Waals surface area contributed by atoms with Crippen molar-refractivity contribution < 1.29 is 10.0 Å². The van der Waals surface area contributed by atoms with E-state index in [2.05, 4.69) is 53.9 Å². The van der Waals surface area contributed by atoms with Gasteiger partial charge in [0.05, 0.1) is 0 Å². The molecule has 0 bridgehead atoms. The summed E-state index contributed by atoms with van der Waals surface area (Å²) in [5.41, 5.74) is 10.8. The summed E-state index contributed by atoms with van der Waals surface area (Å²) in [6, 6.07) is 15.5. The molecule has 5 N–H and O–H groups in total. The van der Waals surface area contributed by atoms with E-state index in [0.717, 1.165) is 25.1 Å². The van der Waals surface area contributed by atoms with E-state index in [1.54, 1.807) is 11.6 Å². The second kappa shape index (κ2) is 11.9. The fourth-order valence-electron chi connectivity index (χ4n) is 4.75. The van der Waals surface area contributed by atoms with Gasteiger partial charge in [0, 0.05) is 35.3 Å². The van der Waals surface area contributed by atoms with E-state index in [-0.39, 0.29) is 0 Å².